The van der Waals surface area contributed by atoms with Crippen LogP contribution in [-0.2, 0) is 23.1 Å². The smallest absolute Gasteiger partial charge is 0.238 e. The largest absolute Gasteiger partial charge is 0.497 e. The Morgan fingerprint density at radius 2 is 1.97 bits per heavy atom. The van der Waals surface area contributed by atoms with Gasteiger partial charge >= 0.3 is 0 Å². The number of methoxy groups -OCH3 is 1. The molecule has 0 saturated carbocycles. The number of fused-ring (bicyclic) bond motifs is 1. The number of benzene rings is 2. The van der Waals surface area contributed by atoms with Crippen LogP contribution < -0.4 is 9.88 Å². The van der Waals surface area contributed by atoms with E-state index >= 15 is 0 Å². The van der Waals surface area contributed by atoms with E-state index in [1.54, 1.807) is 19.2 Å². The van der Waals surface area contributed by atoms with Gasteiger partial charge in [-0.2, -0.15) is 0 Å². The minimum absolute atomic E-state index is 0.101. The lowest BCUT2D eigenvalue weighted by atomic mass is 10.0. The Morgan fingerprint density at radius 1 is 1.19 bits per heavy atom. The lowest BCUT2D eigenvalue weighted by Gasteiger charge is -2.25. The van der Waals surface area contributed by atoms with Gasteiger partial charge in [0, 0.05) is 12.6 Å². The van der Waals surface area contributed by atoms with Crippen molar-refractivity contribution in [1.29, 1.82) is 0 Å². The van der Waals surface area contributed by atoms with Crippen LogP contribution in [0.15, 0.2) is 47.4 Å². The fourth-order valence-electron chi connectivity index (χ4n) is 4.42. The summed E-state index contributed by atoms with van der Waals surface area (Å²) >= 11 is 0. The monoisotopic (exact) mass is 442 g/mol. The molecule has 1 aliphatic heterocycles. The van der Waals surface area contributed by atoms with Gasteiger partial charge in [0.05, 0.1) is 29.6 Å². The fraction of sp³-hybridized carbons (Fsp3) is 0.435. The SMILES string of the molecule is CCCCn1c(CN2CCCC2c2ccc(OC)cc2)nc2cc(S(N)(=O)=O)ccc21. The number of hydrogen-bond acceptors (Lipinski definition) is 5. The predicted molar refractivity (Wildman–Crippen MR) is 121 cm³/mol. The molecule has 166 valence electrons. The van der Waals surface area contributed by atoms with Crippen LogP contribution in [0.2, 0.25) is 0 Å². The second kappa shape index (κ2) is 8.98. The van der Waals surface area contributed by atoms with Crippen LogP contribution in [-0.4, -0.2) is 36.5 Å². The highest BCUT2D eigenvalue weighted by atomic mass is 32.2. The predicted octanol–water partition coefficient (Wildman–Crippen LogP) is 3.83. The molecule has 0 radical (unpaired) electrons. The first-order chi connectivity index (χ1) is 14.9. The van der Waals surface area contributed by atoms with Crippen molar-refractivity contribution in [2.24, 2.45) is 5.14 Å². The van der Waals surface area contributed by atoms with Crippen LogP contribution in [0.5, 0.6) is 5.75 Å². The number of likely N-dealkylation sites (tertiary alicyclic amines) is 1. The number of nitrogens with two attached hydrogens (primary N) is 1. The van der Waals surface area contributed by atoms with Crippen LogP contribution in [0.25, 0.3) is 11.0 Å². The zero-order valence-electron chi connectivity index (χ0n) is 18.1. The van der Waals surface area contributed by atoms with Crippen molar-refractivity contribution in [1.82, 2.24) is 14.5 Å². The number of rotatable bonds is 8. The minimum Gasteiger partial charge on any atom is -0.497 e. The van der Waals surface area contributed by atoms with Crippen LogP contribution >= 0.6 is 0 Å². The summed E-state index contributed by atoms with van der Waals surface area (Å²) in [5, 5.41) is 5.33. The summed E-state index contributed by atoms with van der Waals surface area (Å²) in [6, 6.07) is 13.6. The topological polar surface area (TPSA) is 90.4 Å². The zero-order chi connectivity index (χ0) is 22.0. The van der Waals surface area contributed by atoms with E-state index in [1.165, 1.54) is 5.56 Å². The standard InChI is InChI=1S/C23H30N4O3S/c1-3-4-14-27-22-12-11-19(31(24,28)29)15-20(22)25-23(27)16-26-13-5-6-21(26)17-7-9-18(30-2)10-8-17/h7-12,15,21H,3-6,13-14,16H2,1-2H3,(H2,24,28,29). The first kappa shape index (κ1) is 21.8. The molecule has 2 aromatic carbocycles. The summed E-state index contributed by atoms with van der Waals surface area (Å²) in [4.78, 5) is 7.41. The number of sulfonamides is 1. The molecule has 31 heavy (non-hydrogen) atoms. The third kappa shape index (κ3) is 4.61. The molecule has 0 bridgehead atoms. The third-order valence-corrected chi connectivity index (χ3v) is 6.98. The molecule has 3 aromatic rings. The van der Waals surface area contributed by atoms with E-state index in [-0.39, 0.29) is 4.90 Å². The van der Waals surface area contributed by atoms with Gasteiger partial charge < -0.3 is 9.30 Å². The first-order valence-corrected chi connectivity index (χ1v) is 12.4. The molecule has 4 rings (SSSR count). The molecule has 2 N–H and O–H groups in total. The third-order valence-electron chi connectivity index (χ3n) is 6.07. The van der Waals surface area contributed by atoms with Crippen molar-refractivity contribution in [2.75, 3.05) is 13.7 Å². The maximum Gasteiger partial charge on any atom is 0.238 e. The molecule has 0 amide bonds. The molecule has 0 aliphatic carbocycles. The van der Waals surface area contributed by atoms with Crippen molar-refractivity contribution < 1.29 is 13.2 Å². The van der Waals surface area contributed by atoms with Crippen molar-refractivity contribution in [3.63, 3.8) is 0 Å². The van der Waals surface area contributed by atoms with Gasteiger partial charge in [0.25, 0.3) is 0 Å². The van der Waals surface area contributed by atoms with Gasteiger partial charge in [-0.1, -0.05) is 25.5 Å². The highest BCUT2D eigenvalue weighted by molar-refractivity contribution is 7.89. The number of nitrogens with zero attached hydrogens (tertiary/aromatic N) is 3. The lowest BCUT2D eigenvalue weighted by molar-refractivity contribution is 0.239. The average Bonchev–Trinajstić information content (AvgIpc) is 3.35. The quantitative estimate of drug-likeness (QED) is 0.573. The Hall–Kier alpha value is -2.42. The molecule has 1 unspecified atom stereocenters. The molecule has 7 nitrogen and oxygen atoms in total. The van der Waals surface area contributed by atoms with E-state index in [4.69, 9.17) is 14.9 Å². The highest BCUT2D eigenvalue weighted by Crippen LogP contribution is 2.34. The second-order valence-electron chi connectivity index (χ2n) is 8.13. The first-order valence-electron chi connectivity index (χ1n) is 10.8. The molecule has 1 aromatic heterocycles. The number of aryl methyl sites for hydroxylation is 1. The van der Waals surface area contributed by atoms with Crippen LogP contribution in [0.4, 0.5) is 0 Å². The Balaban J connectivity index is 1.66. The van der Waals surface area contributed by atoms with Gasteiger partial charge in [0.15, 0.2) is 0 Å². The van der Waals surface area contributed by atoms with Gasteiger partial charge in [0.1, 0.15) is 11.6 Å². The van der Waals surface area contributed by atoms with Crippen molar-refractivity contribution in [3.8, 4) is 5.75 Å². The van der Waals surface area contributed by atoms with Crippen LogP contribution in [0.1, 0.15) is 50.0 Å². The van der Waals surface area contributed by atoms with Crippen LogP contribution in [0.3, 0.4) is 0 Å². The maximum absolute atomic E-state index is 11.8. The summed E-state index contributed by atoms with van der Waals surface area (Å²) in [6.07, 6.45) is 4.36. The van der Waals surface area contributed by atoms with Gasteiger partial charge in [0.2, 0.25) is 10.0 Å². The summed E-state index contributed by atoms with van der Waals surface area (Å²) in [6.45, 7) is 4.76. The summed E-state index contributed by atoms with van der Waals surface area (Å²) in [5.74, 6) is 1.83. The summed E-state index contributed by atoms with van der Waals surface area (Å²) in [5.41, 5.74) is 2.92. The Bertz CT molecular complexity index is 1160. The number of ether oxygens (including phenoxy) is 1. The molecule has 2 heterocycles. The van der Waals surface area contributed by atoms with Crippen molar-refractivity contribution in [2.45, 2.75) is 56.6 Å². The Kier molecular flexibility index (Phi) is 6.31. The van der Waals surface area contributed by atoms with Gasteiger partial charge in [-0.3, -0.25) is 4.90 Å². The average molecular weight is 443 g/mol. The van der Waals surface area contributed by atoms with E-state index in [1.807, 2.05) is 18.2 Å². The number of primary sulfonamides is 1. The fourth-order valence-corrected chi connectivity index (χ4v) is 4.96. The highest BCUT2D eigenvalue weighted by Gasteiger charge is 2.28. The van der Waals surface area contributed by atoms with E-state index in [0.29, 0.717) is 11.6 Å². The zero-order valence-corrected chi connectivity index (χ0v) is 18.9. The van der Waals surface area contributed by atoms with Crippen LogP contribution in [0, 0.1) is 0 Å². The molecular formula is C23H30N4O3S. The molecule has 1 aliphatic rings. The Labute approximate surface area is 183 Å². The molecule has 1 atom stereocenters. The summed E-state index contributed by atoms with van der Waals surface area (Å²) in [7, 11) is -2.08. The molecule has 1 saturated heterocycles. The number of aromatic nitrogens is 2. The molecular weight excluding hydrogens is 412 g/mol. The number of hydrogen-bond donors (Lipinski definition) is 1. The number of unbranched alkanes of at least 4 members (excludes halogenated alkanes) is 1. The summed E-state index contributed by atoms with van der Waals surface area (Å²) < 4.78 is 31.1. The maximum atomic E-state index is 11.8. The van der Waals surface area contributed by atoms with E-state index in [0.717, 1.165) is 62.4 Å². The van der Waals surface area contributed by atoms with Crippen molar-refractivity contribution >= 4 is 21.1 Å². The molecule has 8 heteroatoms. The molecule has 1 fully saturated rings. The van der Waals surface area contributed by atoms with Gasteiger partial charge in [-0.25, -0.2) is 18.5 Å². The van der Waals surface area contributed by atoms with Gasteiger partial charge in [-0.05, 0) is 61.7 Å². The van der Waals surface area contributed by atoms with E-state index in [9.17, 15) is 8.42 Å². The molecule has 0 spiro atoms. The van der Waals surface area contributed by atoms with Crippen molar-refractivity contribution in [3.05, 3.63) is 53.9 Å². The van der Waals surface area contributed by atoms with E-state index < -0.39 is 10.0 Å². The second-order valence-corrected chi connectivity index (χ2v) is 9.69. The Morgan fingerprint density at radius 3 is 2.65 bits per heavy atom. The van der Waals surface area contributed by atoms with E-state index in [2.05, 4.69) is 28.5 Å². The van der Waals surface area contributed by atoms with Gasteiger partial charge in [-0.15, -0.1) is 0 Å². The lowest BCUT2D eigenvalue weighted by Crippen LogP contribution is -2.24. The number of imidazole rings is 1. The normalized spacial score (nSPS) is 17.5. The minimum atomic E-state index is -3.76.